The number of nitrogens with one attached hydrogen (secondary N) is 2. The van der Waals surface area contributed by atoms with Crippen molar-refractivity contribution in [3.63, 3.8) is 0 Å². The number of anilines is 1. The molecule has 2 fully saturated rings. The molecule has 2 aromatic rings. The summed E-state index contributed by atoms with van der Waals surface area (Å²) < 4.78 is 5.93. The number of imidazole rings is 1. The number of aromatic amines is 1. The minimum atomic E-state index is 0.116. The van der Waals surface area contributed by atoms with E-state index in [2.05, 4.69) is 26.2 Å². The fourth-order valence-electron chi connectivity index (χ4n) is 4.47. The van der Waals surface area contributed by atoms with E-state index in [1.165, 1.54) is 32.1 Å². The second kappa shape index (κ2) is 10.8. The summed E-state index contributed by atoms with van der Waals surface area (Å²) in [7, 11) is 0. The maximum Gasteiger partial charge on any atom is 0.234 e. The molecule has 7 heteroatoms. The Kier molecular flexibility index (Phi) is 7.59. The van der Waals surface area contributed by atoms with Gasteiger partial charge in [-0.3, -0.25) is 9.69 Å². The second-order valence-corrected chi connectivity index (χ2v) is 8.53. The van der Waals surface area contributed by atoms with Crippen LogP contribution in [0.1, 0.15) is 44.9 Å². The number of amides is 1. The summed E-state index contributed by atoms with van der Waals surface area (Å²) in [4.78, 5) is 25.0. The van der Waals surface area contributed by atoms with Crippen molar-refractivity contribution in [2.45, 2.75) is 51.0 Å². The first kappa shape index (κ1) is 21.1. The molecule has 2 N–H and O–H groups in total. The van der Waals surface area contributed by atoms with Gasteiger partial charge in [-0.15, -0.1) is 0 Å². The van der Waals surface area contributed by atoms with E-state index in [1.807, 2.05) is 18.2 Å². The van der Waals surface area contributed by atoms with Gasteiger partial charge in [0, 0.05) is 39.3 Å². The van der Waals surface area contributed by atoms with Gasteiger partial charge in [0.15, 0.2) is 0 Å². The van der Waals surface area contributed by atoms with E-state index in [1.54, 1.807) is 0 Å². The van der Waals surface area contributed by atoms with E-state index in [-0.39, 0.29) is 5.91 Å². The summed E-state index contributed by atoms with van der Waals surface area (Å²) in [5, 5.41) is 3.06. The molecular weight excluding hydrogens is 378 g/mol. The molecule has 1 saturated carbocycles. The standard InChI is InChI=1S/C23H35N5O2/c29-22(24-12-6-17-30-19-8-2-1-3-9-19)18-27-13-7-14-28(16-15-27)23-25-20-10-4-5-11-21(20)26-23/h4-5,10-11,19H,1-3,6-9,12-18H2,(H,24,29)(H,25,26). The Balaban J connectivity index is 1.14. The first-order valence-corrected chi connectivity index (χ1v) is 11.6. The van der Waals surface area contributed by atoms with Crippen molar-refractivity contribution in [3.05, 3.63) is 24.3 Å². The SMILES string of the molecule is O=C(CN1CCCN(c2nc3ccccc3[nH]2)CC1)NCCCOC1CCCCC1. The molecule has 1 aliphatic heterocycles. The van der Waals surface area contributed by atoms with Crippen molar-refractivity contribution in [3.8, 4) is 0 Å². The number of ether oxygens (including phenoxy) is 1. The minimum Gasteiger partial charge on any atom is -0.378 e. The number of carbonyl (C=O) groups excluding carboxylic acids is 1. The lowest BCUT2D eigenvalue weighted by atomic mass is 9.98. The number of para-hydroxylation sites is 2. The summed E-state index contributed by atoms with van der Waals surface area (Å²) in [6, 6.07) is 8.12. The Morgan fingerprint density at radius 1 is 1.10 bits per heavy atom. The van der Waals surface area contributed by atoms with Crippen LogP contribution in [0.3, 0.4) is 0 Å². The highest BCUT2D eigenvalue weighted by molar-refractivity contribution is 5.78. The maximum absolute atomic E-state index is 12.3. The largest absolute Gasteiger partial charge is 0.378 e. The summed E-state index contributed by atoms with van der Waals surface area (Å²) in [6.45, 7) is 5.56. The van der Waals surface area contributed by atoms with Crippen molar-refractivity contribution in [2.24, 2.45) is 0 Å². The fraction of sp³-hybridized carbons (Fsp3) is 0.652. The van der Waals surface area contributed by atoms with E-state index in [4.69, 9.17) is 9.72 Å². The lowest BCUT2D eigenvalue weighted by Crippen LogP contribution is -2.39. The molecule has 2 heterocycles. The van der Waals surface area contributed by atoms with Crippen molar-refractivity contribution >= 4 is 22.9 Å². The average Bonchev–Trinajstić information content (AvgIpc) is 3.07. The van der Waals surface area contributed by atoms with E-state index >= 15 is 0 Å². The zero-order valence-corrected chi connectivity index (χ0v) is 17.9. The molecule has 30 heavy (non-hydrogen) atoms. The van der Waals surface area contributed by atoms with E-state index < -0.39 is 0 Å². The Morgan fingerprint density at radius 3 is 2.83 bits per heavy atom. The smallest absolute Gasteiger partial charge is 0.234 e. The predicted octanol–water partition coefficient (Wildman–Crippen LogP) is 2.93. The highest BCUT2D eigenvalue weighted by atomic mass is 16.5. The quantitative estimate of drug-likeness (QED) is 0.651. The van der Waals surface area contributed by atoms with E-state index in [9.17, 15) is 4.79 Å². The van der Waals surface area contributed by atoms with Gasteiger partial charge in [0.1, 0.15) is 0 Å². The average molecular weight is 414 g/mol. The van der Waals surface area contributed by atoms with Gasteiger partial charge in [0.2, 0.25) is 11.9 Å². The minimum absolute atomic E-state index is 0.116. The van der Waals surface area contributed by atoms with Crippen LogP contribution >= 0.6 is 0 Å². The highest BCUT2D eigenvalue weighted by Gasteiger charge is 2.19. The number of benzene rings is 1. The zero-order chi connectivity index (χ0) is 20.6. The number of nitrogens with zero attached hydrogens (tertiary/aromatic N) is 3. The van der Waals surface area contributed by atoms with Gasteiger partial charge in [0.25, 0.3) is 0 Å². The van der Waals surface area contributed by atoms with Crippen molar-refractivity contribution in [1.29, 1.82) is 0 Å². The number of hydrogen-bond donors (Lipinski definition) is 2. The van der Waals surface area contributed by atoms with Gasteiger partial charge in [-0.1, -0.05) is 31.4 Å². The summed E-state index contributed by atoms with van der Waals surface area (Å²) >= 11 is 0. The van der Waals surface area contributed by atoms with Gasteiger partial charge in [0.05, 0.1) is 23.7 Å². The van der Waals surface area contributed by atoms with Crippen LogP contribution in [0.2, 0.25) is 0 Å². The van der Waals surface area contributed by atoms with Crippen LogP contribution in [-0.2, 0) is 9.53 Å². The van der Waals surface area contributed by atoms with Crippen LogP contribution in [0.25, 0.3) is 11.0 Å². The molecule has 4 rings (SSSR count). The molecule has 1 aromatic heterocycles. The summed E-state index contributed by atoms with van der Waals surface area (Å²) in [5.74, 6) is 1.05. The Bertz CT molecular complexity index is 769. The van der Waals surface area contributed by atoms with Crippen LogP contribution < -0.4 is 10.2 Å². The topological polar surface area (TPSA) is 73.5 Å². The molecule has 1 saturated heterocycles. The van der Waals surface area contributed by atoms with Crippen molar-refractivity contribution in [2.75, 3.05) is 50.8 Å². The van der Waals surface area contributed by atoms with Gasteiger partial charge in [-0.2, -0.15) is 0 Å². The molecule has 2 aliphatic rings. The fourth-order valence-corrected chi connectivity index (χ4v) is 4.47. The molecule has 1 amide bonds. The molecule has 0 unspecified atom stereocenters. The normalized spacial score (nSPS) is 19.1. The molecule has 1 aliphatic carbocycles. The zero-order valence-electron chi connectivity index (χ0n) is 17.9. The maximum atomic E-state index is 12.3. The van der Waals surface area contributed by atoms with Gasteiger partial charge >= 0.3 is 0 Å². The van der Waals surface area contributed by atoms with Crippen LogP contribution in [-0.4, -0.2) is 72.8 Å². The third kappa shape index (κ3) is 5.95. The van der Waals surface area contributed by atoms with Crippen LogP contribution in [0.4, 0.5) is 5.95 Å². The molecule has 0 bridgehead atoms. The van der Waals surface area contributed by atoms with Crippen molar-refractivity contribution < 1.29 is 9.53 Å². The lowest BCUT2D eigenvalue weighted by molar-refractivity contribution is -0.122. The third-order valence-corrected chi connectivity index (χ3v) is 6.18. The molecule has 0 spiro atoms. The Hall–Kier alpha value is -2.12. The molecule has 1 aromatic carbocycles. The molecule has 7 nitrogen and oxygen atoms in total. The molecule has 0 radical (unpaired) electrons. The predicted molar refractivity (Wildman–Crippen MR) is 120 cm³/mol. The monoisotopic (exact) mass is 413 g/mol. The first-order chi connectivity index (χ1) is 14.8. The number of fused-ring (bicyclic) bond motifs is 1. The van der Waals surface area contributed by atoms with Crippen LogP contribution in [0.15, 0.2) is 24.3 Å². The number of aromatic nitrogens is 2. The van der Waals surface area contributed by atoms with Gasteiger partial charge in [-0.05, 0) is 37.8 Å². The number of hydrogen-bond acceptors (Lipinski definition) is 5. The summed E-state index contributed by atoms with van der Waals surface area (Å²) in [5.41, 5.74) is 2.07. The third-order valence-electron chi connectivity index (χ3n) is 6.18. The molecular formula is C23H35N5O2. The number of rotatable bonds is 8. The van der Waals surface area contributed by atoms with Crippen LogP contribution in [0, 0.1) is 0 Å². The Morgan fingerprint density at radius 2 is 1.97 bits per heavy atom. The van der Waals surface area contributed by atoms with Crippen molar-refractivity contribution in [1.82, 2.24) is 20.2 Å². The van der Waals surface area contributed by atoms with Gasteiger partial charge in [-0.25, -0.2) is 4.98 Å². The van der Waals surface area contributed by atoms with Gasteiger partial charge < -0.3 is 19.9 Å². The lowest BCUT2D eigenvalue weighted by Gasteiger charge is -2.22. The number of H-pyrrole nitrogens is 1. The second-order valence-electron chi connectivity index (χ2n) is 8.53. The van der Waals surface area contributed by atoms with E-state index in [0.717, 1.165) is 62.6 Å². The van der Waals surface area contributed by atoms with Crippen LogP contribution in [0.5, 0.6) is 0 Å². The highest BCUT2D eigenvalue weighted by Crippen LogP contribution is 2.20. The Labute approximate surface area is 179 Å². The first-order valence-electron chi connectivity index (χ1n) is 11.6. The molecule has 0 atom stereocenters. The number of carbonyl (C=O) groups is 1. The van der Waals surface area contributed by atoms with E-state index in [0.29, 0.717) is 19.2 Å². The molecule has 164 valence electrons. The summed E-state index contributed by atoms with van der Waals surface area (Å²) in [6.07, 6.45) is 8.71.